The SMILES string of the molecule is CCN(C)[C@@H]1CN(C(=O)CNS(=O)(=O)c2cccs2)C[C@H]1O. The molecule has 0 radical (unpaired) electrons. The van der Waals surface area contributed by atoms with Crippen LogP contribution in [-0.4, -0.2) is 74.6 Å². The molecule has 2 heterocycles. The predicted octanol–water partition coefficient (Wildman–Crippen LogP) is -0.450. The Morgan fingerprint density at radius 1 is 1.55 bits per heavy atom. The molecular weight excluding hydrogens is 326 g/mol. The lowest BCUT2D eigenvalue weighted by atomic mass is 10.2. The molecule has 1 aliphatic rings. The number of nitrogens with zero attached hydrogens (tertiary/aromatic N) is 2. The van der Waals surface area contributed by atoms with Gasteiger partial charge in [-0.25, -0.2) is 13.1 Å². The smallest absolute Gasteiger partial charge is 0.250 e. The average molecular weight is 347 g/mol. The van der Waals surface area contributed by atoms with Crippen molar-refractivity contribution in [1.82, 2.24) is 14.5 Å². The van der Waals surface area contributed by atoms with E-state index in [0.29, 0.717) is 6.54 Å². The molecule has 0 bridgehead atoms. The number of sulfonamides is 1. The zero-order valence-corrected chi connectivity index (χ0v) is 14.2. The first-order valence-electron chi connectivity index (χ1n) is 7.04. The predicted molar refractivity (Wildman–Crippen MR) is 84.2 cm³/mol. The number of likely N-dealkylation sites (tertiary alicyclic amines) is 1. The zero-order valence-electron chi connectivity index (χ0n) is 12.6. The third-order valence-corrected chi connectivity index (χ3v) is 6.65. The highest BCUT2D eigenvalue weighted by Crippen LogP contribution is 2.17. The molecule has 1 amide bonds. The van der Waals surface area contributed by atoms with E-state index in [1.54, 1.807) is 11.4 Å². The summed E-state index contributed by atoms with van der Waals surface area (Å²) in [5, 5.41) is 11.7. The van der Waals surface area contributed by atoms with Gasteiger partial charge in [0, 0.05) is 13.1 Å². The number of hydrogen-bond acceptors (Lipinski definition) is 6. The van der Waals surface area contributed by atoms with Crippen LogP contribution in [0.15, 0.2) is 21.7 Å². The number of β-amino-alcohol motifs (C(OH)–C–C–N with tert-alkyl or cyclic N) is 1. The van der Waals surface area contributed by atoms with Crippen molar-refractivity contribution in [3.63, 3.8) is 0 Å². The molecular formula is C13H21N3O4S2. The highest BCUT2D eigenvalue weighted by Gasteiger charge is 2.36. The molecule has 2 rings (SSSR count). The van der Waals surface area contributed by atoms with Gasteiger partial charge in [-0.3, -0.25) is 9.69 Å². The molecule has 22 heavy (non-hydrogen) atoms. The third kappa shape index (κ3) is 3.85. The van der Waals surface area contributed by atoms with Crippen molar-refractivity contribution in [2.24, 2.45) is 0 Å². The summed E-state index contributed by atoms with van der Waals surface area (Å²) in [5.74, 6) is -0.328. The fraction of sp³-hybridized carbons (Fsp3) is 0.615. The van der Waals surface area contributed by atoms with Crippen LogP contribution in [0.2, 0.25) is 0 Å². The first-order chi connectivity index (χ1) is 10.3. The molecule has 1 saturated heterocycles. The summed E-state index contributed by atoms with van der Waals surface area (Å²) in [5.41, 5.74) is 0. The van der Waals surface area contributed by atoms with E-state index in [1.165, 1.54) is 11.0 Å². The van der Waals surface area contributed by atoms with Crippen molar-refractivity contribution in [3.8, 4) is 0 Å². The van der Waals surface area contributed by atoms with Gasteiger partial charge in [-0.2, -0.15) is 0 Å². The molecule has 0 spiro atoms. The van der Waals surface area contributed by atoms with Gasteiger partial charge >= 0.3 is 0 Å². The van der Waals surface area contributed by atoms with E-state index >= 15 is 0 Å². The number of aliphatic hydroxyl groups excluding tert-OH is 1. The van der Waals surface area contributed by atoms with E-state index < -0.39 is 16.1 Å². The van der Waals surface area contributed by atoms with Gasteiger partial charge in [0.05, 0.1) is 18.7 Å². The molecule has 9 heteroatoms. The van der Waals surface area contributed by atoms with Gasteiger partial charge < -0.3 is 10.0 Å². The number of carbonyl (C=O) groups is 1. The Balaban J connectivity index is 1.91. The molecule has 124 valence electrons. The van der Waals surface area contributed by atoms with Crippen molar-refractivity contribution in [3.05, 3.63) is 17.5 Å². The quantitative estimate of drug-likeness (QED) is 0.727. The fourth-order valence-corrected chi connectivity index (χ4v) is 4.41. The number of amides is 1. The zero-order chi connectivity index (χ0) is 16.3. The van der Waals surface area contributed by atoms with Crippen molar-refractivity contribution in [1.29, 1.82) is 0 Å². The highest BCUT2D eigenvalue weighted by atomic mass is 32.2. The van der Waals surface area contributed by atoms with Gasteiger partial charge in [-0.05, 0) is 25.0 Å². The summed E-state index contributed by atoms with van der Waals surface area (Å²) in [7, 11) is -1.75. The lowest BCUT2D eigenvalue weighted by Crippen LogP contribution is -2.42. The maximum absolute atomic E-state index is 12.1. The van der Waals surface area contributed by atoms with E-state index in [9.17, 15) is 18.3 Å². The van der Waals surface area contributed by atoms with Crippen molar-refractivity contribution < 1.29 is 18.3 Å². The van der Waals surface area contributed by atoms with Crippen molar-refractivity contribution in [2.75, 3.05) is 33.2 Å². The molecule has 0 aromatic carbocycles. The molecule has 1 fully saturated rings. The van der Waals surface area contributed by atoms with Crippen LogP contribution in [-0.2, 0) is 14.8 Å². The molecule has 0 unspecified atom stereocenters. The lowest BCUT2D eigenvalue weighted by molar-refractivity contribution is -0.129. The van der Waals surface area contributed by atoms with Gasteiger partial charge in [-0.15, -0.1) is 11.3 Å². The summed E-state index contributed by atoms with van der Waals surface area (Å²) in [4.78, 5) is 15.6. The first-order valence-corrected chi connectivity index (χ1v) is 9.40. The number of carbonyl (C=O) groups excluding carboxylic acids is 1. The molecule has 1 aromatic heterocycles. The number of nitrogens with one attached hydrogen (secondary N) is 1. The number of aliphatic hydroxyl groups is 1. The summed E-state index contributed by atoms with van der Waals surface area (Å²) >= 11 is 1.10. The topological polar surface area (TPSA) is 90.0 Å². The molecule has 2 atom stereocenters. The normalized spacial score (nSPS) is 22.5. The average Bonchev–Trinajstić information content (AvgIpc) is 3.13. The van der Waals surface area contributed by atoms with Crippen molar-refractivity contribution in [2.45, 2.75) is 23.3 Å². The van der Waals surface area contributed by atoms with E-state index in [-0.39, 0.29) is 29.2 Å². The Bertz CT molecular complexity index is 603. The minimum atomic E-state index is -3.64. The second-order valence-corrected chi connectivity index (χ2v) is 8.20. The first kappa shape index (κ1) is 17.4. The number of thiophene rings is 1. The van der Waals surface area contributed by atoms with Crippen LogP contribution >= 0.6 is 11.3 Å². The van der Waals surface area contributed by atoms with Gasteiger partial charge in [0.15, 0.2) is 0 Å². The van der Waals surface area contributed by atoms with Crippen LogP contribution < -0.4 is 4.72 Å². The molecule has 0 saturated carbocycles. The van der Waals surface area contributed by atoms with E-state index in [2.05, 4.69) is 4.72 Å². The second-order valence-electron chi connectivity index (χ2n) is 5.26. The van der Waals surface area contributed by atoms with Crippen LogP contribution in [0.1, 0.15) is 6.92 Å². The van der Waals surface area contributed by atoms with Gasteiger partial charge in [0.2, 0.25) is 5.91 Å². The van der Waals surface area contributed by atoms with Gasteiger partial charge in [0.1, 0.15) is 4.21 Å². The highest BCUT2D eigenvalue weighted by molar-refractivity contribution is 7.91. The maximum Gasteiger partial charge on any atom is 0.250 e. The lowest BCUT2D eigenvalue weighted by Gasteiger charge is -2.24. The summed E-state index contributed by atoms with van der Waals surface area (Å²) in [6.45, 7) is 3.09. The summed E-state index contributed by atoms with van der Waals surface area (Å²) in [6, 6.07) is 3.02. The van der Waals surface area contributed by atoms with E-state index in [4.69, 9.17) is 0 Å². The number of likely N-dealkylation sites (N-methyl/N-ethyl adjacent to an activating group) is 1. The van der Waals surface area contributed by atoms with Crippen molar-refractivity contribution >= 4 is 27.3 Å². The molecule has 1 aliphatic heterocycles. The molecule has 0 aliphatic carbocycles. The fourth-order valence-electron chi connectivity index (χ4n) is 2.40. The maximum atomic E-state index is 12.1. The van der Waals surface area contributed by atoms with Gasteiger partial charge in [-0.1, -0.05) is 13.0 Å². The Labute approximate surface area is 134 Å². The van der Waals surface area contributed by atoms with E-state index in [1.807, 2.05) is 18.9 Å². The largest absolute Gasteiger partial charge is 0.390 e. The summed E-state index contributed by atoms with van der Waals surface area (Å²) < 4.78 is 26.4. The third-order valence-electron chi connectivity index (χ3n) is 3.85. The molecule has 7 nitrogen and oxygen atoms in total. The monoisotopic (exact) mass is 347 g/mol. The second kappa shape index (κ2) is 7.05. The van der Waals surface area contributed by atoms with Gasteiger partial charge in [0.25, 0.3) is 10.0 Å². The Hall–Kier alpha value is -1.00. The van der Waals surface area contributed by atoms with Crippen LogP contribution in [0, 0.1) is 0 Å². The Morgan fingerprint density at radius 2 is 2.27 bits per heavy atom. The Morgan fingerprint density at radius 3 is 2.86 bits per heavy atom. The Kier molecular flexibility index (Phi) is 5.56. The minimum absolute atomic E-state index is 0.108. The van der Waals surface area contributed by atoms with Crippen LogP contribution in [0.3, 0.4) is 0 Å². The van der Waals surface area contributed by atoms with Crippen LogP contribution in [0.5, 0.6) is 0 Å². The van der Waals surface area contributed by atoms with E-state index in [0.717, 1.165) is 17.9 Å². The number of rotatable bonds is 6. The summed E-state index contributed by atoms with van der Waals surface area (Å²) in [6.07, 6.45) is -0.609. The molecule has 2 N–H and O–H groups in total. The molecule has 1 aromatic rings. The standard InChI is InChI=1S/C13H21N3O4S2/c1-3-15(2)10-8-16(9-11(10)17)12(18)7-14-22(19,20)13-5-4-6-21-13/h4-6,10-11,14,17H,3,7-9H2,1-2H3/t10-,11-/m1/s1. The number of hydrogen-bond donors (Lipinski definition) is 2. The van der Waals surface area contributed by atoms with Crippen LogP contribution in [0.4, 0.5) is 0 Å². The van der Waals surface area contributed by atoms with Crippen LogP contribution in [0.25, 0.3) is 0 Å². The minimum Gasteiger partial charge on any atom is -0.390 e.